The molecular formula is C10H8ClF4NO2. The molecule has 1 atom stereocenters. The van der Waals surface area contributed by atoms with E-state index >= 15 is 0 Å². The van der Waals surface area contributed by atoms with Gasteiger partial charge in [0.25, 0.3) is 5.91 Å². The van der Waals surface area contributed by atoms with Crippen LogP contribution in [0.2, 0.25) is 5.02 Å². The Hall–Kier alpha value is -1.50. The highest BCUT2D eigenvalue weighted by Crippen LogP contribution is 2.29. The normalized spacial score (nSPS) is 13.2. The van der Waals surface area contributed by atoms with Gasteiger partial charge in [0, 0.05) is 0 Å². The second kappa shape index (κ2) is 5.43. The van der Waals surface area contributed by atoms with Crippen LogP contribution in [0, 0.1) is 5.82 Å². The Morgan fingerprint density at radius 1 is 1.44 bits per heavy atom. The van der Waals surface area contributed by atoms with Crippen LogP contribution in [0.1, 0.15) is 6.42 Å². The van der Waals surface area contributed by atoms with E-state index in [1.807, 2.05) is 0 Å². The van der Waals surface area contributed by atoms with Crippen LogP contribution >= 0.6 is 11.6 Å². The lowest BCUT2D eigenvalue weighted by molar-refractivity contribution is -0.159. The molecule has 0 fully saturated rings. The molecule has 1 amide bonds. The van der Waals surface area contributed by atoms with Gasteiger partial charge in [-0.3, -0.25) is 4.79 Å². The van der Waals surface area contributed by atoms with E-state index in [0.717, 1.165) is 18.2 Å². The molecule has 0 bridgehead atoms. The molecule has 0 heterocycles. The average Bonchev–Trinajstić information content (AvgIpc) is 2.18. The fraction of sp³-hybridized carbons (Fsp3) is 0.300. The van der Waals surface area contributed by atoms with Crippen molar-refractivity contribution in [2.75, 3.05) is 0 Å². The molecule has 1 unspecified atom stereocenters. The van der Waals surface area contributed by atoms with Crippen molar-refractivity contribution in [3.05, 3.63) is 29.0 Å². The molecule has 0 aliphatic heterocycles. The first-order valence-electron chi connectivity index (χ1n) is 4.67. The molecule has 0 radical (unpaired) electrons. The summed E-state index contributed by atoms with van der Waals surface area (Å²) in [5.41, 5.74) is 4.79. The van der Waals surface area contributed by atoms with E-state index < -0.39 is 30.4 Å². The summed E-state index contributed by atoms with van der Waals surface area (Å²) in [7, 11) is 0. The third-order valence-corrected chi connectivity index (χ3v) is 2.19. The van der Waals surface area contributed by atoms with Crippen molar-refractivity contribution in [1.82, 2.24) is 0 Å². The highest BCUT2D eigenvalue weighted by Gasteiger charge is 2.36. The maximum atomic E-state index is 12.7. The molecule has 0 aliphatic rings. The smallest absolute Gasteiger partial charge is 0.393 e. The lowest BCUT2D eigenvalue weighted by Gasteiger charge is -2.18. The molecule has 0 aliphatic carbocycles. The molecule has 1 aromatic carbocycles. The number of ether oxygens (including phenoxy) is 1. The molecule has 2 N–H and O–H groups in total. The lowest BCUT2D eigenvalue weighted by Crippen LogP contribution is -2.37. The third-order valence-electron chi connectivity index (χ3n) is 1.90. The minimum Gasteiger partial charge on any atom is -0.479 e. The number of hydrogen-bond acceptors (Lipinski definition) is 2. The Morgan fingerprint density at radius 2 is 2.06 bits per heavy atom. The highest BCUT2D eigenvalue weighted by atomic mass is 35.5. The standard InChI is InChI=1S/C10H8ClF4NO2/c11-6-3-5(12)1-2-7(6)18-8(9(16)17)4-10(13,14)15/h1-3,8H,4H2,(H2,16,17). The molecule has 0 saturated carbocycles. The van der Waals surface area contributed by atoms with E-state index in [2.05, 4.69) is 0 Å². The number of rotatable bonds is 4. The minimum atomic E-state index is -4.62. The summed E-state index contributed by atoms with van der Waals surface area (Å²) in [6.45, 7) is 0. The van der Waals surface area contributed by atoms with Crippen molar-refractivity contribution in [3.63, 3.8) is 0 Å². The topological polar surface area (TPSA) is 52.3 Å². The first-order chi connectivity index (χ1) is 8.19. The molecular weight excluding hydrogens is 278 g/mol. The number of hydrogen-bond donors (Lipinski definition) is 1. The summed E-state index contributed by atoms with van der Waals surface area (Å²) in [4.78, 5) is 10.8. The minimum absolute atomic E-state index is 0.244. The van der Waals surface area contributed by atoms with Crippen LogP contribution in [0.15, 0.2) is 18.2 Å². The van der Waals surface area contributed by atoms with Gasteiger partial charge < -0.3 is 10.5 Å². The first kappa shape index (κ1) is 14.6. The van der Waals surface area contributed by atoms with Crippen molar-refractivity contribution in [3.8, 4) is 5.75 Å². The van der Waals surface area contributed by atoms with Gasteiger partial charge in [-0.25, -0.2) is 4.39 Å². The summed E-state index contributed by atoms with van der Waals surface area (Å²) < 4.78 is 53.9. The van der Waals surface area contributed by atoms with Crippen molar-refractivity contribution in [1.29, 1.82) is 0 Å². The van der Waals surface area contributed by atoms with Crippen LogP contribution in [-0.2, 0) is 4.79 Å². The van der Waals surface area contributed by atoms with Crippen molar-refractivity contribution >= 4 is 17.5 Å². The summed E-state index contributed by atoms with van der Waals surface area (Å²) in [6, 6.07) is 2.80. The van der Waals surface area contributed by atoms with Crippen molar-refractivity contribution < 1.29 is 27.1 Å². The van der Waals surface area contributed by atoms with Crippen LogP contribution < -0.4 is 10.5 Å². The van der Waals surface area contributed by atoms with Gasteiger partial charge in [-0.2, -0.15) is 13.2 Å². The zero-order chi connectivity index (χ0) is 13.9. The molecule has 1 rings (SSSR count). The van der Waals surface area contributed by atoms with Crippen LogP contribution in [-0.4, -0.2) is 18.2 Å². The number of alkyl halides is 3. The van der Waals surface area contributed by atoms with E-state index in [0.29, 0.717) is 0 Å². The molecule has 0 spiro atoms. The predicted octanol–water partition coefficient (Wildman–Crippen LogP) is 2.66. The largest absolute Gasteiger partial charge is 0.479 e. The van der Waals surface area contributed by atoms with Crippen molar-refractivity contribution in [2.24, 2.45) is 5.73 Å². The van der Waals surface area contributed by atoms with Gasteiger partial charge in [0.2, 0.25) is 0 Å². The van der Waals surface area contributed by atoms with Crippen LogP contribution in [0.5, 0.6) is 5.75 Å². The Kier molecular flexibility index (Phi) is 4.39. The van der Waals surface area contributed by atoms with Crippen molar-refractivity contribution in [2.45, 2.75) is 18.7 Å². The fourth-order valence-corrected chi connectivity index (χ4v) is 1.35. The average molecular weight is 286 g/mol. The van der Waals surface area contributed by atoms with Gasteiger partial charge in [0.05, 0.1) is 11.4 Å². The van der Waals surface area contributed by atoms with Gasteiger partial charge in [-0.1, -0.05) is 11.6 Å². The van der Waals surface area contributed by atoms with E-state index in [-0.39, 0.29) is 10.8 Å². The lowest BCUT2D eigenvalue weighted by atomic mass is 10.2. The number of halogens is 5. The maximum Gasteiger partial charge on any atom is 0.393 e. The molecule has 100 valence electrons. The number of amides is 1. The maximum absolute atomic E-state index is 12.7. The van der Waals surface area contributed by atoms with Crippen LogP contribution in [0.25, 0.3) is 0 Å². The van der Waals surface area contributed by atoms with Gasteiger partial charge in [0.15, 0.2) is 6.10 Å². The molecule has 8 heteroatoms. The van der Waals surface area contributed by atoms with Gasteiger partial charge in [-0.15, -0.1) is 0 Å². The van der Waals surface area contributed by atoms with Crippen LogP contribution in [0.4, 0.5) is 17.6 Å². The second-order valence-corrected chi connectivity index (χ2v) is 3.81. The molecule has 18 heavy (non-hydrogen) atoms. The number of carbonyl (C=O) groups excluding carboxylic acids is 1. The van der Waals surface area contributed by atoms with Gasteiger partial charge in [0.1, 0.15) is 11.6 Å². The monoisotopic (exact) mass is 285 g/mol. The van der Waals surface area contributed by atoms with E-state index in [4.69, 9.17) is 22.1 Å². The number of primary amides is 1. The third kappa shape index (κ3) is 4.40. The Morgan fingerprint density at radius 3 is 2.50 bits per heavy atom. The fourth-order valence-electron chi connectivity index (χ4n) is 1.13. The molecule has 0 aromatic heterocycles. The Labute approximate surface area is 104 Å². The molecule has 3 nitrogen and oxygen atoms in total. The van der Waals surface area contributed by atoms with E-state index in [1.165, 1.54) is 0 Å². The van der Waals surface area contributed by atoms with E-state index in [1.54, 1.807) is 0 Å². The Balaban J connectivity index is 2.87. The second-order valence-electron chi connectivity index (χ2n) is 3.40. The van der Waals surface area contributed by atoms with E-state index in [9.17, 15) is 22.4 Å². The summed E-state index contributed by atoms with van der Waals surface area (Å²) in [5.74, 6) is -2.21. The number of carbonyl (C=O) groups is 1. The first-order valence-corrected chi connectivity index (χ1v) is 5.04. The van der Waals surface area contributed by atoms with Gasteiger partial charge in [-0.05, 0) is 18.2 Å². The summed E-state index contributed by atoms with van der Waals surface area (Å²) in [5, 5.41) is -0.247. The predicted molar refractivity (Wildman–Crippen MR) is 55.7 cm³/mol. The van der Waals surface area contributed by atoms with Gasteiger partial charge >= 0.3 is 6.18 Å². The molecule has 1 aromatic rings. The zero-order valence-electron chi connectivity index (χ0n) is 8.80. The number of benzene rings is 1. The van der Waals surface area contributed by atoms with Crippen LogP contribution in [0.3, 0.4) is 0 Å². The number of nitrogens with two attached hydrogens (primary N) is 1. The zero-order valence-corrected chi connectivity index (χ0v) is 9.56. The molecule has 0 saturated heterocycles. The summed E-state index contributed by atoms with van der Waals surface area (Å²) >= 11 is 5.55. The SMILES string of the molecule is NC(=O)C(CC(F)(F)F)Oc1ccc(F)cc1Cl. The highest BCUT2D eigenvalue weighted by molar-refractivity contribution is 6.32. The quantitative estimate of drug-likeness (QED) is 0.865. The Bertz CT molecular complexity index is 450. The summed E-state index contributed by atoms with van der Waals surface area (Å²) in [6.07, 6.45) is -8.07.